The Morgan fingerprint density at radius 1 is 0.630 bits per heavy atom. The first-order valence-corrected chi connectivity index (χ1v) is 9.36. The third kappa shape index (κ3) is 4.48. The molecule has 27 heavy (non-hydrogen) atoms. The normalized spacial score (nSPS) is 10.7. The summed E-state index contributed by atoms with van der Waals surface area (Å²) >= 11 is 0. The summed E-state index contributed by atoms with van der Waals surface area (Å²) in [4.78, 5) is 0. The van der Waals surface area contributed by atoms with Crippen LogP contribution in [-0.2, 0) is 13.0 Å². The van der Waals surface area contributed by atoms with E-state index in [2.05, 4.69) is 84.2 Å². The Morgan fingerprint density at radius 2 is 1.37 bits per heavy atom. The van der Waals surface area contributed by atoms with Gasteiger partial charge in [0, 0.05) is 24.0 Å². The maximum absolute atomic E-state index is 5.86. The van der Waals surface area contributed by atoms with Crippen LogP contribution in [0.5, 0.6) is 5.75 Å². The lowest BCUT2D eigenvalue weighted by Gasteiger charge is -2.11. The Hall–Kier alpha value is -3.26. The first-order valence-electron chi connectivity index (χ1n) is 9.36. The van der Waals surface area contributed by atoms with Gasteiger partial charge >= 0.3 is 0 Å². The van der Waals surface area contributed by atoms with Crippen molar-refractivity contribution in [2.75, 3.05) is 11.9 Å². The van der Waals surface area contributed by atoms with Crippen LogP contribution in [0.4, 0.5) is 5.69 Å². The van der Waals surface area contributed by atoms with Crippen LogP contribution in [0.25, 0.3) is 10.8 Å². The Morgan fingerprint density at radius 3 is 2.22 bits per heavy atom. The molecular formula is C25H23NO. The van der Waals surface area contributed by atoms with Gasteiger partial charge in [-0.3, -0.25) is 0 Å². The van der Waals surface area contributed by atoms with Gasteiger partial charge in [0.25, 0.3) is 0 Å². The highest BCUT2D eigenvalue weighted by molar-refractivity contribution is 5.93. The molecule has 1 N–H and O–H groups in total. The molecule has 0 saturated heterocycles. The Labute approximate surface area is 160 Å². The van der Waals surface area contributed by atoms with Gasteiger partial charge in [0.1, 0.15) is 5.75 Å². The molecule has 0 unspecified atom stereocenters. The van der Waals surface area contributed by atoms with Crippen molar-refractivity contribution in [1.29, 1.82) is 0 Å². The van der Waals surface area contributed by atoms with Crippen molar-refractivity contribution >= 4 is 16.5 Å². The molecule has 134 valence electrons. The van der Waals surface area contributed by atoms with Crippen LogP contribution in [0.1, 0.15) is 11.1 Å². The summed E-state index contributed by atoms with van der Waals surface area (Å²) in [6.07, 6.45) is 0.922. The standard InChI is InChI=1S/C25H23NO/c1-2-7-20(8-3-1)17-18-27-23-15-13-21(14-16-23)19-26-25-12-6-10-22-9-4-5-11-24(22)25/h1-16,26H,17-19H2. The molecule has 0 bridgehead atoms. The summed E-state index contributed by atoms with van der Waals surface area (Å²) in [6, 6.07) is 33.6. The molecular weight excluding hydrogens is 330 g/mol. The van der Waals surface area contributed by atoms with Crippen LogP contribution in [0, 0.1) is 0 Å². The first-order chi connectivity index (χ1) is 13.4. The largest absolute Gasteiger partial charge is 0.493 e. The number of hydrogen-bond acceptors (Lipinski definition) is 2. The smallest absolute Gasteiger partial charge is 0.119 e. The molecule has 0 aromatic heterocycles. The second-order valence-electron chi connectivity index (χ2n) is 6.61. The van der Waals surface area contributed by atoms with Crippen LogP contribution in [-0.4, -0.2) is 6.61 Å². The highest BCUT2D eigenvalue weighted by Crippen LogP contribution is 2.23. The lowest BCUT2D eigenvalue weighted by atomic mass is 10.1. The molecule has 0 atom stereocenters. The lowest BCUT2D eigenvalue weighted by molar-refractivity contribution is 0.322. The number of fused-ring (bicyclic) bond motifs is 1. The van der Waals surface area contributed by atoms with Crippen molar-refractivity contribution in [3.63, 3.8) is 0 Å². The minimum absolute atomic E-state index is 0.692. The molecule has 2 nitrogen and oxygen atoms in total. The topological polar surface area (TPSA) is 21.3 Å². The van der Waals surface area contributed by atoms with E-state index in [0.717, 1.165) is 24.4 Å². The average molecular weight is 353 g/mol. The molecule has 2 heteroatoms. The molecule has 0 heterocycles. The van der Waals surface area contributed by atoms with Gasteiger partial charge in [-0.05, 0) is 34.7 Å². The average Bonchev–Trinajstić information content (AvgIpc) is 2.74. The fraction of sp³-hybridized carbons (Fsp3) is 0.120. The minimum atomic E-state index is 0.692. The van der Waals surface area contributed by atoms with Crippen molar-refractivity contribution in [3.05, 3.63) is 108 Å². The molecule has 4 aromatic rings. The van der Waals surface area contributed by atoms with Gasteiger partial charge in [-0.25, -0.2) is 0 Å². The molecule has 0 saturated carbocycles. The molecule has 0 spiro atoms. The third-order valence-corrected chi connectivity index (χ3v) is 4.70. The van der Waals surface area contributed by atoms with Crippen LogP contribution < -0.4 is 10.1 Å². The van der Waals surface area contributed by atoms with E-state index in [9.17, 15) is 0 Å². The number of benzene rings is 4. The zero-order chi connectivity index (χ0) is 18.3. The van der Waals surface area contributed by atoms with E-state index >= 15 is 0 Å². The van der Waals surface area contributed by atoms with E-state index in [1.807, 2.05) is 18.2 Å². The van der Waals surface area contributed by atoms with Crippen LogP contribution in [0.15, 0.2) is 97.1 Å². The third-order valence-electron chi connectivity index (χ3n) is 4.70. The predicted octanol–water partition coefficient (Wildman–Crippen LogP) is 6.07. The molecule has 0 aliphatic rings. The van der Waals surface area contributed by atoms with Crippen molar-refractivity contribution < 1.29 is 4.74 Å². The van der Waals surface area contributed by atoms with E-state index in [-0.39, 0.29) is 0 Å². The second kappa shape index (κ2) is 8.41. The van der Waals surface area contributed by atoms with Crippen molar-refractivity contribution in [2.24, 2.45) is 0 Å². The summed E-state index contributed by atoms with van der Waals surface area (Å²) < 4.78 is 5.86. The summed E-state index contributed by atoms with van der Waals surface area (Å²) in [5.74, 6) is 0.917. The molecule has 0 radical (unpaired) electrons. The number of hydrogen-bond donors (Lipinski definition) is 1. The second-order valence-corrected chi connectivity index (χ2v) is 6.61. The summed E-state index contributed by atoms with van der Waals surface area (Å²) in [6.45, 7) is 1.48. The van der Waals surface area contributed by atoms with Gasteiger partial charge in [-0.2, -0.15) is 0 Å². The van der Waals surface area contributed by atoms with Gasteiger partial charge in [-0.15, -0.1) is 0 Å². The van der Waals surface area contributed by atoms with E-state index in [1.54, 1.807) is 0 Å². The van der Waals surface area contributed by atoms with Crippen LogP contribution in [0.2, 0.25) is 0 Å². The summed E-state index contributed by atoms with van der Waals surface area (Å²) in [7, 11) is 0. The molecule has 4 aromatic carbocycles. The van der Waals surface area contributed by atoms with E-state index in [1.165, 1.54) is 21.9 Å². The summed E-state index contributed by atoms with van der Waals surface area (Å²) in [5, 5.41) is 6.05. The zero-order valence-corrected chi connectivity index (χ0v) is 15.3. The fourth-order valence-corrected chi connectivity index (χ4v) is 3.21. The SMILES string of the molecule is c1ccc(CCOc2ccc(CNc3cccc4ccccc34)cc2)cc1. The van der Waals surface area contributed by atoms with E-state index in [4.69, 9.17) is 4.74 Å². The monoisotopic (exact) mass is 353 g/mol. The molecule has 4 rings (SSSR count). The quantitative estimate of drug-likeness (QED) is 0.435. The van der Waals surface area contributed by atoms with E-state index < -0.39 is 0 Å². The van der Waals surface area contributed by atoms with Gasteiger partial charge in [0.2, 0.25) is 0 Å². The highest BCUT2D eigenvalue weighted by Gasteiger charge is 2.01. The van der Waals surface area contributed by atoms with E-state index in [0.29, 0.717) is 6.61 Å². The fourth-order valence-electron chi connectivity index (χ4n) is 3.21. The summed E-state index contributed by atoms with van der Waals surface area (Å²) in [5.41, 5.74) is 3.70. The predicted molar refractivity (Wildman–Crippen MR) is 113 cm³/mol. The van der Waals surface area contributed by atoms with Gasteiger partial charge in [-0.1, -0.05) is 78.9 Å². The maximum atomic E-state index is 5.86. The van der Waals surface area contributed by atoms with Gasteiger partial charge < -0.3 is 10.1 Å². The minimum Gasteiger partial charge on any atom is -0.493 e. The number of ether oxygens (including phenoxy) is 1. The Balaban J connectivity index is 1.32. The number of anilines is 1. The van der Waals surface area contributed by atoms with Gasteiger partial charge in [0.15, 0.2) is 0 Å². The molecule has 0 aliphatic carbocycles. The molecule has 0 fully saturated rings. The van der Waals surface area contributed by atoms with Gasteiger partial charge in [0.05, 0.1) is 6.61 Å². The zero-order valence-electron chi connectivity index (χ0n) is 15.3. The highest BCUT2D eigenvalue weighted by atomic mass is 16.5. The van der Waals surface area contributed by atoms with Crippen molar-refractivity contribution in [3.8, 4) is 5.75 Å². The number of rotatable bonds is 7. The Bertz CT molecular complexity index is 988. The van der Waals surface area contributed by atoms with Crippen LogP contribution >= 0.6 is 0 Å². The van der Waals surface area contributed by atoms with Crippen LogP contribution in [0.3, 0.4) is 0 Å². The maximum Gasteiger partial charge on any atom is 0.119 e. The molecule has 0 aliphatic heterocycles. The molecule has 0 amide bonds. The van der Waals surface area contributed by atoms with Crippen molar-refractivity contribution in [1.82, 2.24) is 0 Å². The lowest BCUT2D eigenvalue weighted by Crippen LogP contribution is -2.02. The number of nitrogens with one attached hydrogen (secondary N) is 1. The Kier molecular flexibility index (Phi) is 5.35. The first kappa shape index (κ1) is 17.2. The van der Waals surface area contributed by atoms with Crippen molar-refractivity contribution in [2.45, 2.75) is 13.0 Å².